The van der Waals surface area contributed by atoms with Gasteiger partial charge in [0.15, 0.2) is 6.61 Å². The van der Waals surface area contributed by atoms with Crippen LogP contribution in [0.4, 0.5) is 0 Å². The van der Waals surface area contributed by atoms with Crippen LogP contribution in [0.5, 0.6) is 11.5 Å². The smallest absolute Gasteiger partial charge is 0.349 e. The molecule has 0 fully saturated rings. The number of carbonyl (C=O) groups excluding carboxylic acids is 2. The van der Waals surface area contributed by atoms with Crippen molar-refractivity contribution in [2.75, 3.05) is 13.2 Å². The van der Waals surface area contributed by atoms with Gasteiger partial charge >= 0.3 is 11.6 Å². The molecule has 7 heteroatoms. The third-order valence-electron chi connectivity index (χ3n) is 4.69. The summed E-state index contributed by atoms with van der Waals surface area (Å²) < 4.78 is 16.1. The highest BCUT2D eigenvalue weighted by Crippen LogP contribution is 2.22. The number of aryl methyl sites for hydroxylation is 2. The van der Waals surface area contributed by atoms with Crippen LogP contribution in [-0.4, -0.2) is 25.0 Å². The van der Waals surface area contributed by atoms with E-state index in [0.29, 0.717) is 17.7 Å². The summed E-state index contributed by atoms with van der Waals surface area (Å²) in [4.78, 5) is 36.5. The van der Waals surface area contributed by atoms with Crippen molar-refractivity contribution in [3.63, 3.8) is 0 Å². The van der Waals surface area contributed by atoms with E-state index in [1.54, 1.807) is 12.1 Å². The Morgan fingerprint density at radius 3 is 2.65 bits per heavy atom. The van der Waals surface area contributed by atoms with Crippen molar-refractivity contribution in [2.45, 2.75) is 33.6 Å². The fourth-order valence-electron chi connectivity index (χ4n) is 2.95. The molecule has 0 unspecified atom stereocenters. The maximum Gasteiger partial charge on any atom is 0.349 e. The number of rotatable bonds is 8. The Kier molecular flexibility index (Phi) is 7.07. The van der Waals surface area contributed by atoms with Crippen molar-refractivity contribution >= 4 is 22.8 Å². The second-order valence-corrected chi connectivity index (χ2v) is 7.29. The van der Waals surface area contributed by atoms with Crippen molar-refractivity contribution in [3.8, 4) is 11.5 Å². The van der Waals surface area contributed by atoms with Gasteiger partial charge in [-0.1, -0.05) is 25.5 Å². The van der Waals surface area contributed by atoms with Crippen LogP contribution in [-0.2, 0) is 4.79 Å². The highest BCUT2D eigenvalue weighted by atomic mass is 16.6. The zero-order valence-corrected chi connectivity index (χ0v) is 17.8. The molecule has 2 aromatic carbocycles. The number of ether oxygens (including phenoxy) is 2. The maximum absolute atomic E-state index is 12.2. The number of esters is 1. The summed E-state index contributed by atoms with van der Waals surface area (Å²) in [5, 5.41) is 3.24. The normalized spacial score (nSPS) is 10.7. The molecule has 0 aliphatic carbocycles. The molecule has 0 saturated heterocycles. The zero-order valence-electron chi connectivity index (χ0n) is 17.8. The number of hydrogen-bond donors (Lipinski definition) is 1. The van der Waals surface area contributed by atoms with E-state index < -0.39 is 17.5 Å². The summed E-state index contributed by atoms with van der Waals surface area (Å²) >= 11 is 0. The van der Waals surface area contributed by atoms with Gasteiger partial charge < -0.3 is 19.2 Å². The fraction of sp³-hybridized carbons (Fsp3) is 0.292. The molecule has 7 nitrogen and oxygen atoms in total. The molecule has 3 rings (SSSR count). The summed E-state index contributed by atoms with van der Waals surface area (Å²) in [7, 11) is 0. The van der Waals surface area contributed by atoms with Gasteiger partial charge in [0.25, 0.3) is 5.91 Å². The summed E-state index contributed by atoms with van der Waals surface area (Å²) in [6.45, 7) is 6.07. The van der Waals surface area contributed by atoms with Gasteiger partial charge in [0, 0.05) is 18.0 Å². The Labute approximate surface area is 180 Å². The lowest BCUT2D eigenvalue weighted by molar-refractivity contribution is -0.136. The van der Waals surface area contributed by atoms with Gasteiger partial charge in [-0.25, -0.2) is 9.59 Å². The molecule has 162 valence electrons. The van der Waals surface area contributed by atoms with Crippen molar-refractivity contribution in [1.82, 2.24) is 5.32 Å². The largest absolute Gasteiger partial charge is 0.482 e. The minimum absolute atomic E-state index is 0.0599. The number of benzene rings is 2. The van der Waals surface area contributed by atoms with E-state index in [2.05, 4.69) is 5.32 Å². The van der Waals surface area contributed by atoms with Crippen LogP contribution in [0.25, 0.3) is 11.0 Å². The van der Waals surface area contributed by atoms with E-state index in [9.17, 15) is 14.4 Å². The van der Waals surface area contributed by atoms with E-state index in [-0.39, 0.29) is 23.5 Å². The van der Waals surface area contributed by atoms with Crippen LogP contribution in [0.15, 0.2) is 51.7 Å². The van der Waals surface area contributed by atoms with Gasteiger partial charge in [0.2, 0.25) is 0 Å². The van der Waals surface area contributed by atoms with Gasteiger partial charge in [-0.15, -0.1) is 0 Å². The van der Waals surface area contributed by atoms with Crippen LogP contribution < -0.4 is 20.4 Å². The van der Waals surface area contributed by atoms with E-state index in [1.807, 2.05) is 39.0 Å². The molecular weight excluding hydrogens is 398 g/mol. The van der Waals surface area contributed by atoms with E-state index in [0.717, 1.165) is 24.0 Å². The first-order valence-corrected chi connectivity index (χ1v) is 10.1. The second-order valence-electron chi connectivity index (χ2n) is 7.29. The number of carbonyl (C=O) groups is 2. The molecule has 0 atom stereocenters. The third-order valence-corrected chi connectivity index (χ3v) is 4.69. The minimum atomic E-state index is -0.747. The molecule has 1 N–H and O–H groups in total. The predicted molar refractivity (Wildman–Crippen MR) is 117 cm³/mol. The number of nitrogens with one attached hydrogen (secondary N) is 1. The van der Waals surface area contributed by atoms with Gasteiger partial charge in [0.1, 0.15) is 22.6 Å². The quantitative estimate of drug-likeness (QED) is 0.255. The van der Waals surface area contributed by atoms with Gasteiger partial charge in [-0.2, -0.15) is 0 Å². The van der Waals surface area contributed by atoms with Crippen LogP contribution in [0.3, 0.4) is 0 Å². The Bertz CT molecular complexity index is 1160. The summed E-state index contributed by atoms with van der Waals surface area (Å²) in [5.74, 6) is -0.228. The lowest BCUT2D eigenvalue weighted by Gasteiger charge is -2.10. The first kappa shape index (κ1) is 22.1. The van der Waals surface area contributed by atoms with Crippen LogP contribution in [0.2, 0.25) is 0 Å². The third kappa shape index (κ3) is 5.72. The van der Waals surface area contributed by atoms with Crippen molar-refractivity contribution < 1.29 is 23.5 Å². The molecule has 0 bridgehead atoms. The monoisotopic (exact) mass is 423 g/mol. The first-order valence-electron chi connectivity index (χ1n) is 10.1. The Balaban J connectivity index is 1.68. The Hall–Kier alpha value is -3.61. The highest BCUT2D eigenvalue weighted by molar-refractivity contribution is 5.96. The molecular formula is C24H25NO6. The highest BCUT2D eigenvalue weighted by Gasteiger charge is 2.15. The maximum atomic E-state index is 12.2. The average molecular weight is 423 g/mol. The SMILES string of the molecule is CCCCNC(=O)c1cc2ccc(OC(=O)COc3cc(C)ccc3C)cc2oc1=O. The Morgan fingerprint density at radius 1 is 1.06 bits per heavy atom. The summed E-state index contributed by atoms with van der Waals surface area (Å²) in [5.41, 5.74) is 1.35. The molecule has 1 aromatic heterocycles. The van der Waals surface area contributed by atoms with Gasteiger partial charge in [-0.05, 0) is 55.7 Å². The van der Waals surface area contributed by atoms with Crippen LogP contribution in [0.1, 0.15) is 41.3 Å². The van der Waals surface area contributed by atoms with Crippen molar-refractivity contribution in [3.05, 3.63) is 69.6 Å². The molecule has 0 saturated carbocycles. The molecule has 3 aromatic rings. The molecule has 0 radical (unpaired) electrons. The molecule has 31 heavy (non-hydrogen) atoms. The van der Waals surface area contributed by atoms with Crippen LogP contribution >= 0.6 is 0 Å². The average Bonchev–Trinajstić information content (AvgIpc) is 2.74. The van der Waals surface area contributed by atoms with E-state index >= 15 is 0 Å². The number of unbranched alkanes of at least 4 members (excludes halogenated alkanes) is 1. The van der Waals surface area contributed by atoms with Gasteiger partial charge in [-0.3, -0.25) is 4.79 Å². The zero-order chi connectivity index (χ0) is 22.4. The molecule has 0 spiro atoms. The molecule has 1 heterocycles. The molecule has 0 aliphatic heterocycles. The molecule has 1 amide bonds. The standard InChI is InChI=1S/C24H25NO6/c1-4-5-10-25-23(27)19-12-17-8-9-18(13-21(17)31-24(19)28)30-22(26)14-29-20-11-15(2)6-7-16(20)3/h6-9,11-13H,4-5,10,14H2,1-3H3,(H,25,27). The topological polar surface area (TPSA) is 94.8 Å². The number of fused-ring (bicyclic) bond motifs is 1. The van der Waals surface area contributed by atoms with E-state index in [4.69, 9.17) is 13.9 Å². The van der Waals surface area contributed by atoms with Crippen molar-refractivity contribution in [1.29, 1.82) is 0 Å². The lowest BCUT2D eigenvalue weighted by Crippen LogP contribution is -2.28. The second kappa shape index (κ2) is 9.93. The summed E-state index contributed by atoms with van der Waals surface area (Å²) in [6, 6.07) is 11.8. The number of amides is 1. The van der Waals surface area contributed by atoms with E-state index in [1.165, 1.54) is 12.1 Å². The molecule has 0 aliphatic rings. The Morgan fingerprint density at radius 2 is 1.87 bits per heavy atom. The minimum Gasteiger partial charge on any atom is -0.482 e. The summed E-state index contributed by atoms with van der Waals surface area (Å²) in [6.07, 6.45) is 1.76. The lowest BCUT2D eigenvalue weighted by atomic mass is 10.1. The van der Waals surface area contributed by atoms with Gasteiger partial charge in [0.05, 0.1) is 0 Å². The first-order chi connectivity index (χ1) is 14.9. The van der Waals surface area contributed by atoms with Crippen LogP contribution in [0, 0.1) is 13.8 Å². The van der Waals surface area contributed by atoms with Crippen molar-refractivity contribution in [2.24, 2.45) is 0 Å². The number of hydrogen-bond acceptors (Lipinski definition) is 6. The predicted octanol–water partition coefficient (Wildman–Crippen LogP) is 3.92. The fourth-order valence-corrected chi connectivity index (χ4v) is 2.95.